The second kappa shape index (κ2) is 6.90. The molecule has 0 aliphatic rings. The average Bonchev–Trinajstić information content (AvgIpc) is 2.58. The third-order valence-electron chi connectivity index (χ3n) is 3.00. The van der Waals surface area contributed by atoms with E-state index in [9.17, 15) is 8.42 Å². The molecule has 3 aromatic rings. The molecular weight excluding hydrogens is 350 g/mol. The number of halogens is 1. The fourth-order valence-corrected chi connectivity index (χ4v) is 3.34. The molecule has 0 radical (unpaired) electrons. The Hall–Kier alpha value is -2.57. The van der Waals surface area contributed by atoms with Crippen LogP contribution in [0.1, 0.15) is 0 Å². The van der Waals surface area contributed by atoms with E-state index in [-0.39, 0.29) is 15.7 Å². The number of hydrogen-bond acceptors (Lipinski definition) is 5. The van der Waals surface area contributed by atoms with Crippen LogP contribution in [0.5, 0.6) is 17.4 Å². The van der Waals surface area contributed by atoms with Gasteiger partial charge in [0, 0.05) is 12.3 Å². The Morgan fingerprint density at radius 3 is 2.17 bits per heavy atom. The third kappa shape index (κ3) is 3.84. The highest BCUT2D eigenvalue weighted by atomic mass is 35.5. The van der Waals surface area contributed by atoms with Gasteiger partial charge in [0.1, 0.15) is 16.4 Å². The number of benzene rings is 2. The molecule has 0 aliphatic heterocycles. The van der Waals surface area contributed by atoms with Crippen LogP contribution >= 0.6 is 11.6 Å². The number of nitrogens with zero attached hydrogens (tertiary/aromatic N) is 1. The van der Waals surface area contributed by atoms with Crippen LogP contribution in [-0.4, -0.2) is 13.4 Å². The molecule has 2 aromatic carbocycles. The van der Waals surface area contributed by atoms with E-state index in [1.807, 2.05) is 0 Å². The summed E-state index contributed by atoms with van der Waals surface area (Å²) in [4.78, 5) is 3.96. The van der Waals surface area contributed by atoms with Crippen molar-refractivity contribution in [3.05, 3.63) is 77.9 Å². The van der Waals surface area contributed by atoms with E-state index in [4.69, 9.17) is 20.5 Å². The monoisotopic (exact) mass is 361 g/mol. The molecule has 0 fully saturated rings. The summed E-state index contributed by atoms with van der Waals surface area (Å²) < 4.78 is 35.1. The van der Waals surface area contributed by atoms with Crippen LogP contribution in [0.25, 0.3) is 0 Å². The van der Waals surface area contributed by atoms with Crippen molar-refractivity contribution in [2.45, 2.75) is 4.90 Å². The first kappa shape index (κ1) is 16.3. The molecule has 0 saturated heterocycles. The zero-order chi connectivity index (χ0) is 17.0. The zero-order valence-electron chi connectivity index (χ0n) is 12.3. The quantitative estimate of drug-likeness (QED) is 0.634. The molecular formula is C17H12ClNO4S. The van der Waals surface area contributed by atoms with Crippen molar-refractivity contribution >= 4 is 21.7 Å². The Labute approximate surface area is 144 Å². The molecule has 5 nitrogen and oxygen atoms in total. The summed E-state index contributed by atoms with van der Waals surface area (Å²) in [6.07, 6.45) is 1.61. The van der Waals surface area contributed by atoms with Crippen molar-refractivity contribution in [2.24, 2.45) is 0 Å². The van der Waals surface area contributed by atoms with Crippen LogP contribution in [0.15, 0.2) is 77.8 Å². The van der Waals surface area contributed by atoms with E-state index in [0.717, 1.165) is 0 Å². The van der Waals surface area contributed by atoms with Gasteiger partial charge in [-0.3, -0.25) is 0 Å². The van der Waals surface area contributed by atoms with Gasteiger partial charge in [0.25, 0.3) is 0 Å². The Bertz CT molecular complexity index is 928. The van der Waals surface area contributed by atoms with Crippen molar-refractivity contribution in [1.29, 1.82) is 0 Å². The van der Waals surface area contributed by atoms with Gasteiger partial charge in [-0.2, -0.15) is 8.42 Å². The van der Waals surface area contributed by atoms with Crippen LogP contribution in [0.2, 0.25) is 5.02 Å². The minimum atomic E-state index is -4.00. The molecule has 0 spiro atoms. The Morgan fingerprint density at radius 1 is 0.833 bits per heavy atom. The highest BCUT2D eigenvalue weighted by Gasteiger charge is 2.19. The van der Waals surface area contributed by atoms with Crippen molar-refractivity contribution in [3.63, 3.8) is 0 Å². The summed E-state index contributed by atoms with van der Waals surface area (Å²) in [7, 11) is -4.00. The van der Waals surface area contributed by atoms with Crippen LogP contribution < -0.4 is 8.92 Å². The van der Waals surface area contributed by atoms with Gasteiger partial charge in [0.05, 0.1) is 5.02 Å². The summed E-state index contributed by atoms with van der Waals surface area (Å²) in [6, 6.07) is 17.6. The standard InChI is InChI=1S/C17H12ClNO4S/c18-15-5-1-2-6-16(15)24(20,21)23-14-10-8-13(9-11-14)22-17-7-3-4-12-19-17/h1-12H. The molecule has 1 aromatic heterocycles. The van der Waals surface area contributed by atoms with Crippen LogP contribution in [0.3, 0.4) is 0 Å². The molecule has 1 heterocycles. The molecule has 0 unspecified atom stereocenters. The number of aromatic nitrogens is 1. The topological polar surface area (TPSA) is 65.5 Å². The van der Waals surface area contributed by atoms with E-state index in [1.54, 1.807) is 48.7 Å². The van der Waals surface area contributed by atoms with Gasteiger partial charge < -0.3 is 8.92 Å². The van der Waals surface area contributed by atoms with Gasteiger partial charge in [0.15, 0.2) is 0 Å². The lowest BCUT2D eigenvalue weighted by atomic mass is 10.3. The second-order valence-electron chi connectivity index (χ2n) is 4.71. The molecule has 0 amide bonds. The Balaban J connectivity index is 1.76. The third-order valence-corrected chi connectivity index (χ3v) is 4.74. The predicted molar refractivity (Wildman–Crippen MR) is 90.0 cm³/mol. The Kier molecular flexibility index (Phi) is 4.69. The fraction of sp³-hybridized carbons (Fsp3) is 0. The van der Waals surface area contributed by atoms with Crippen molar-refractivity contribution in [3.8, 4) is 17.4 Å². The number of rotatable bonds is 5. The van der Waals surface area contributed by atoms with Gasteiger partial charge >= 0.3 is 10.1 Å². The van der Waals surface area contributed by atoms with Gasteiger partial charge in [0.2, 0.25) is 5.88 Å². The lowest BCUT2D eigenvalue weighted by Crippen LogP contribution is -2.10. The normalized spacial score (nSPS) is 11.0. The molecule has 122 valence electrons. The molecule has 3 rings (SSSR count). The fourth-order valence-electron chi connectivity index (χ4n) is 1.91. The van der Waals surface area contributed by atoms with Crippen LogP contribution in [-0.2, 0) is 10.1 Å². The summed E-state index contributed by atoms with van der Waals surface area (Å²) in [5.74, 6) is 1.11. The van der Waals surface area contributed by atoms with E-state index in [2.05, 4.69) is 4.98 Å². The maximum absolute atomic E-state index is 12.3. The second-order valence-corrected chi connectivity index (χ2v) is 6.63. The maximum Gasteiger partial charge on any atom is 0.340 e. The van der Waals surface area contributed by atoms with E-state index < -0.39 is 10.1 Å². The molecule has 0 bridgehead atoms. The highest BCUT2D eigenvalue weighted by molar-refractivity contribution is 7.87. The largest absolute Gasteiger partial charge is 0.439 e. The summed E-state index contributed by atoms with van der Waals surface area (Å²) in [5.41, 5.74) is 0. The summed E-state index contributed by atoms with van der Waals surface area (Å²) in [5, 5.41) is 0.104. The van der Waals surface area contributed by atoms with Crippen molar-refractivity contribution < 1.29 is 17.3 Å². The van der Waals surface area contributed by atoms with E-state index in [1.165, 1.54) is 24.3 Å². The van der Waals surface area contributed by atoms with Gasteiger partial charge in [-0.1, -0.05) is 29.8 Å². The van der Waals surface area contributed by atoms with Gasteiger partial charge in [-0.05, 0) is 42.5 Å². The molecule has 0 atom stereocenters. The first-order chi connectivity index (χ1) is 11.5. The highest BCUT2D eigenvalue weighted by Crippen LogP contribution is 2.27. The smallest absolute Gasteiger partial charge is 0.340 e. The maximum atomic E-state index is 12.3. The van der Waals surface area contributed by atoms with E-state index >= 15 is 0 Å². The summed E-state index contributed by atoms with van der Waals surface area (Å²) in [6.45, 7) is 0. The van der Waals surface area contributed by atoms with Crippen LogP contribution in [0.4, 0.5) is 0 Å². The summed E-state index contributed by atoms with van der Waals surface area (Å²) >= 11 is 5.90. The molecule has 24 heavy (non-hydrogen) atoms. The SMILES string of the molecule is O=S(=O)(Oc1ccc(Oc2ccccn2)cc1)c1ccccc1Cl. The Morgan fingerprint density at radius 2 is 1.50 bits per heavy atom. The molecule has 0 aliphatic carbocycles. The predicted octanol–water partition coefficient (Wildman–Crippen LogP) is 4.30. The molecule has 0 N–H and O–H groups in total. The van der Waals surface area contributed by atoms with Crippen molar-refractivity contribution in [1.82, 2.24) is 4.98 Å². The minimum Gasteiger partial charge on any atom is -0.439 e. The van der Waals surface area contributed by atoms with Crippen molar-refractivity contribution in [2.75, 3.05) is 0 Å². The molecule has 0 saturated carbocycles. The molecule has 7 heteroatoms. The number of ether oxygens (including phenoxy) is 1. The number of hydrogen-bond donors (Lipinski definition) is 0. The zero-order valence-corrected chi connectivity index (χ0v) is 13.9. The average molecular weight is 362 g/mol. The van der Waals surface area contributed by atoms with Gasteiger partial charge in [-0.25, -0.2) is 4.98 Å². The van der Waals surface area contributed by atoms with Crippen LogP contribution in [0, 0.1) is 0 Å². The first-order valence-electron chi connectivity index (χ1n) is 6.92. The number of pyridine rings is 1. The lowest BCUT2D eigenvalue weighted by Gasteiger charge is -2.09. The van der Waals surface area contributed by atoms with E-state index in [0.29, 0.717) is 11.6 Å². The minimum absolute atomic E-state index is 0.0829. The first-order valence-corrected chi connectivity index (χ1v) is 8.71. The lowest BCUT2D eigenvalue weighted by molar-refractivity contribution is 0.459. The van der Waals surface area contributed by atoms with Gasteiger partial charge in [-0.15, -0.1) is 0 Å².